The number of hydrogen-bond donors (Lipinski definition) is 1. The molecule has 0 atom stereocenters. The minimum Gasteiger partial charge on any atom is -0.351 e. The van der Waals surface area contributed by atoms with Crippen LogP contribution in [0.2, 0.25) is 5.15 Å². The Bertz CT molecular complexity index is 508. The van der Waals surface area contributed by atoms with Crippen molar-refractivity contribution in [2.75, 3.05) is 5.32 Å². The van der Waals surface area contributed by atoms with Gasteiger partial charge in [0.2, 0.25) is 5.76 Å². The Morgan fingerprint density at radius 3 is 2.81 bits per heavy atom. The van der Waals surface area contributed by atoms with E-state index in [1.807, 2.05) is 0 Å². The van der Waals surface area contributed by atoms with Crippen LogP contribution in [0.1, 0.15) is 16.2 Å². The van der Waals surface area contributed by atoms with Crippen LogP contribution in [-0.4, -0.2) is 21.3 Å². The Kier molecular flexibility index (Phi) is 2.82. The largest absolute Gasteiger partial charge is 0.351 e. The van der Waals surface area contributed by atoms with Crippen LogP contribution in [0.4, 0.5) is 5.82 Å². The van der Waals surface area contributed by atoms with Crippen LogP contribution in [-0.2, 0) is 0 Å². The van der Waals surface area contributed by atoms with Crippen LogP contribution in [0, 0.1) is 6.92 Å². The van der Waals surface area contributed by atoms with E-state index in [1.54, 1.807) is 6.92 Å². The summed E-state index contributed by atoms with van der Waals surface area (Å²) in [5.41, 5.74) is 0.632. The Hall–Kier alpha value is -1.95. The number of carbonyl (C=O) groups is 1. The second kappa shape index (κ2) is 4.28. The summed E-state index contributed by atoms with van der Waals surface area (Å²) in [7, 11) is 0. The molecule has 1 amide bonds. The van der Waals surface area contributed by atoms with Gasteiger partial charge in [0.05, 0.1) is 5.69 Å². The lowest BCUT2D eigenvalue weighted by Gasteiger charge is -1.99. The van der Waals surface area contributed by atoms with Gasteiger partial charge >= 0.3 is 0 Å². The second-order valence-electron chi connectivity index (χ2n) is 3.03. The summed E-state index contributed by atoms with van der Waals surface area (Å²) in [5.74, 6) is -0.0186. The minimum absolute atomic E-state index is 0.120. The van der Waals surface area contributed by atoms with Crippen molar-refractivity contribution in [2.45, 2.75) is 6.92 Å². The van der Waals surface area contributed by atoms with Crippen molar-refractivity contribution in [1.82, 2.24) is 15.4 Å². The predicted octanol–water partition coefficient (Wildman–Crippen LogP) is 1.68. The molecule has 0 saturated heterocycles. The molecule has 7 heteroatoms. The number of nitrogens with zero attached hydrogens (tertiary/aromatic N) is 3. The number of halogens is 1. The van der Waals surface area contributed by atoms with E-state index >= 15 is 0 Å². The molecule has 0 unspecified atom stereocenters. The Labute approximate surface area is 95.6 Å². The first-order valence-electron chi connectivity index (χ1n) is 4.39. The third kappa shape index (κ3) is 2.34. The number of carbonyl (C=O) groups excluding carboxylic acids is 1. The molecule has 2 aromatic heterocycles. The van der Waals surface area contributed by atoms with Gasteiger partial charge in [-0.25, -0.2) is 0 Å². The summed E-state index contributed by atoms with van der Waals surface area (Å²) < 4.78 is 4.79. The molecule has 6 nitrogen and oxygen atoms in total. The minimum atomic E-state index is -0.433. The Balaban J connectivity index is 2.10. The van der Waals surface area contributed by atoms with E-state index in [-0.39, 0.29) is 10.9 Å². The second-order valence-corrected chi connectivity index (χ2v) is 3.42. The first-order chi connectivity index (χ1) is 7.65. The van der Waals surface area contributed by atoms with Gasteiger partial charge in [0.25, 0.3) is 5.91 Å². The molecule has 0 aliphatic rings. The highest BCUT2D eigenvalue weighted by Gasteiger charge is 2.12. The topological polar surface area (TPSA) is 80.9 Å². The number of nitrogens with one attached hydrogen (secondary N) is 1. The van der Waals surface area contributed by atoms with Crippen molar-refractivity contribution in [3.63, 3.8) is 0 Å². The summed E-state index contributed by atoms with van der Waals surface area (Å²) in [6.45, 7) is 1.72. The normalized spacial score (nSPS) is 10.1. The van der Waals surface area contributed by atoms with Gasteiger partial charge in [-0.2, -0.15) is 0 Å². The van der Waals surface area contributed by atoms with Crippen molar-refractivity contribution in [2.24, 2.45) is 0 Å². The van der Waals surface area contributed by atoms with Crippen molar-refractivity contribution in [3.8, 4) is 0 Å². The maximum absolute atomic E-state index is 11.6. The van der Waals surface area contributed by atoms with E-state index in [9.17, 15) is 4.79 Å². The average Bonchev–Trinajstić information content (AvgIpc) is 2.68. The molecule has 0 aromatic carbocycles. The van der Waals surface area contributed by atoms with Crippen molar-refractivity contribution >= 4 is 23.3 Å². The zero-order valence-electron chi connectivity index (χ0n) is 8.27. The molecular formula is C9H7ClN4O2. The maximum atomic E-state index is 11.6. The molecule has 0 aliphatic heterocycles. The van der Waals surface area contributed by atoms with Crippen LogP contribution in [0.15, 0.2) is 22.7 Å². The van der Waals surface area contributed by atoms with E-state index in [1.165, 1.54) is 18.2 Å². The van der Waals surface area contributed by atoms with E-state index < -0.39 is 5.91 Å². The summed E-state index contributed by atoms with van der Waals surface area (Å²) in [4.78, 5) is 11.6. The third-order valence-corrected chi connectivity index (χ3v) is 1.93. The van der Waals surface area contributed by atoms with Crippen molar-refractivity contribution in [3.05, 3.63) is 34.8 Å². The molecule has 0 saturated carbocycles. The number of amides is 1. The molecule has 0 radical (unpaired) electrons. The molecule has 1 N–H and O–H groups in total. The summed E-state index contributed by atoms with van der Waals surface area (Å²) in [5, 5.41) is 13.6. The molecule has 2 rings (SSSR count). The Morgan fingerprint density at radius 2 is 2.25 bits per heavy atom. The van der Waals surface area contributed by atoms with Crippen LogP contribution < -0.4 is 5.32 Å². The van der Waals surface area contributed by atoms with Crippen molar-refractivity contribution in [1.29, 1.82) is 0 Å². The molecule has 2 heterocycles. The van der Waals surface area contributed by atoms with Gasteiger partial charge in [-0.05, 0) is 19.1 Å². The number of hydrogen-bond acceptors (Lipinski definition) is 5. The molecule has 16 heavy (non-hydrogen) atoms. The van der Waals surface area contributed by atoms with Gasteiger partial charge in [-0.3, -0.25) is 4.79 Å². The number of aryl methyl sites for hydroxylation is 1. The van der Waals surface area contributed by atoms with E-state index in [4.69, 9.17) is 16.1 Å². The SMILES string of the molecule is Cc1cc(C(=O)Nc2ccc(Cl)nn2)on1. The van der Waals surface area contributed by atoms with Crippen LogP contribution in [0.25, 0.3) is 0 Å². The van der Waals surface area contributed by atoms with Crippen LogP contribution in [0.3, 0.4) is 0 Å². The molecule has 2 aromatic rings. The van der Waals surface area contributed by atoms with Gasteiger partial charge in [0.15, 0.2) is 11.0 Å². The molecule has 82 valence electrons. The highest BCUT2D eigenvalue weighted by Crippen LogP contribution is 2.09. The van der Waals surface area contributed by atoms with Gasteiger partial charge in [0.1, 0.15) is 0 Å². The highest BCUT2D eigenvalue weighted by molar-refractivity contribution is 6.29. The quantitative estimate of drug-likeness (QED) is 0.861. The van der Waals surface area contributed by atoms with Crippen LogP contribution in [0.5, 0.6) is 0 Å². The lowest BCUT2D eigenvalue weighted by atomic mass is 10.3. The predicted molar refractivity (Wildman–Crippen MR) is 56.2 cm³/mol. The number of rotatable bonds is 2. The van der Waals surface area contributed by atoms with E-state index in [0.29, 0.717) is 11.5 Å². The summed E-state index contributed by atoms with van der Waals surface area (Å²) in [6, 6.07) is 4.59. The standard InChI is InChI=1S/C9H7ClN4O2/c1-5-4-6(16-14-5)9(15)11-8-3-2-7(10)12-13-8/h2-4H,1H3,(H,11,13,15). The molecule has 0 fully saturated rings. The first kappa shape index (κ1) is 10.6. The van der Waals surface area contributed by atoms with Gasteiger partial charge < -0.3 is 9.84 Å². The van der Waals surface area contributed by atoms with Gasteiger partial charge in [0, 0.05) is 6.07 Å². The zero-order chi connectivity index (χ0) is 11.5. The zero-order valence-corrected chi connectivity index (χ0v) is 9.02. The molecule has 0 spiro atoms. The van der Waals surface area contributed by atoms with E-state index in [2.05, 4.69) is 20.7 Å². The maximum Gasteiger partial charge on any atom is 0.295 e. The lowest BCUT2D eigenvalue weighted by molar-refractivity contribution is 0.0987. The average molecular weight is 239 g/mol. The monoisotopic (exact) mass is 238 g/mol. The lowest BCUT2D eigenvalue weighted by Crippen LogP contribution is -2.12. The molecule has 0 bridgehead atoms. The highest BCUT2D eigenvalue weighted by atomic mass is 35.5. The van der Waals surface area contributed by atoms with Gasteiger partial charge in [-0.1, -0.05) is 16.8 Å². The Morgan fingerprint density at radius 1 is 1.44 bits per heavy atom. The number of aromatic nitrogens is 3. The fourth-order valence-electron chi connectivity index (χ4n) is 1.03. The summed E-state index contributed by atoms with van der Waals surface area (Å²) >= 11 is 5.55. The van der Waals surface area contributed by atoms with Crippen molar-refractivity contribution < 1.29 is 9.32 Å². The smallest absolute Gasteiger partial charge is 0.295 e. The fourth-order valence-corrected chi connectivity index (χ4v) is 1.13. The fraction of sp³-hybridized carbons (Fsp3) is 0.111. The first-order valence-corrected chi connectivity index (χ1v) is 4.77. The van der Waals surface area contributed by atoms with Crippen LogP contribution >= 0.6 is 11.6 Å². The molecular weight excluding hydrogens is 232 g/mol. The van der Waals surface area contributed by atoms with Gasteiger partial charge in [-0.15, -0.1) is 10.2 Å². The molecule has 0 aliphatic carbocycles. The van der Waals surface area contributed by atoms with E-state index in [0.717, 1.165) is 0 Å². The third-order valence-electron chi connectivity index (χ3n) is 1.73. The summed E-state index contributed by atoms with van der Waals surface area (Å²) in [6.07, 6.45) is 0. The number of anilines is 1.